The molecule has 0 radical (unpaired) electrons. The first-order valence-electron chi connectivity index (χ1n) is 8.10. The minimum atomic E-state index is -0.213. The van der Waals surface area contributed by atoms with Gasteiger partial charge in [0.15, 0.2) is 0 Å². The Morgan fingerprint density at radius 1 is 1.48 bits per heavy atom. The third kappa shape index (κ3) is 3.77. The Morgan fingerprint density at radius 3 is 2.67 bits per heavy atom. The van der Waals surface area contributed by atoms with Crippen molar-refractivity contribution in [2.24, 2.45) is 7.05 Å². The second kappa shape index (κ2) is 6.96. The molecule has 0 aliphatic heterocycles. The van der Waals surface area contributed by atoms with Gasteiger partial charge in [0.2, 0.25) is 5.91 Å². The predicted molar refractivity (Wildman–Crippen MR) is 85.3 cm³/mol. The molecule has 0 saturated heterocycles. The van der Waals surface area contributed by atoms with Gasteiger partial charge in [-0.25, -0.2) is 0 Å². The van der Waals surface area contributed by atoms with Crippen molar-refractivity contribution in [1.82, 2.24) is 14.7 Å². The molecule has 0 bridgehead atoms. The number of nitrogens with one attached hydrogen (secondary N) is 1. The quantitative estimate of drug-likeness (QED) is 0.908. The van der Waals surface area contributed by atoms with Crippen molar-refractivity contribution in [3.8, 4) is 0 Å². The van der Waals surface area contributed by atoms with Crippen LogP contribution in [-0.2, 0) is 11.8 Å². The lowest BCUT2D eigenvalue weighted by Crippen LogP contribution is -2.47. The Hall–Kier alpha value is -1.52. The van der Waals surface area contributed by atoms with Crippen LogP contribution in [0.4, 0.5) is 5.69 Å². The molecule has 1 atom stereocenters. The van der Waals surface area contributed by atoms with Crippen molar-refractivity contribution < 1.29 is 4.79 Å². The predicted octanol–water partition coefficient (Wildman–Crippen LogP) is 2.71. The maximum atomic E-state index is 12.7. The number of anilines is 1. The lowest BCUT2D eigenvalue weighted by Gasteiger charge is -2.35. The van der Waals surface area contributed by atoms with Crippen molar-refractivity contribution >= 4 is 11.6 Å². The third-order valence-corrected chi connectivity index (χ3v) is 4.40. The van der Waals surface area contributed by atoms with Crippen LogP contribution in [0.1, 0.15) is 51.6 Å². The SMILES string of the molecule is CCN(C(=O)[C@@H](C)Nc1cn(C)nc1C)C1CCCCC1. The fourth-order valence-electron chi connectivity index (χ4n) is 3.27. The van der Waals surface area contributed by atoms with E-state index in [1.807, 2.05) is 27.1 Å². The molecule has 5 heteroatoms. The highest BCUT2D eigenvalue weighted by Gasteiger charge is 2.27. The zero-order chi connectivity index (χ0) is 15.4. The lowest BCUT2D eigenvalue weighted by atomic mass is 9.94. The van der Waals surface area contributed by atoms with E-state index in [9.17, 15) is 4.79 Å². The van der Waals surface area contributed by atoms with Crippen LogP contribution in [0.15, 0.2) is 6.20 Å². The highest BCUT2D eigenvalue weighted by atomic mass is 16.2. The summed E-state index contributed by atoms with van der Waals surface area (Å²) in [6, 6.07) is 0.213. The van der Waals surface area contributed by atoms with Crippen molar-refractivity contribution in [1.29, 1.82) is 0 Å². The number of hydrogen-bond donors (Lipinski definition) is 1. The van der Waals surface area contributed by atoms with Crippen LogP contribution in [0.3, 0.4) is 0 Å². The van der Waals surface area contributed by atoms with E-state index in [0.717, 1.165) is 30.8 Å². The van der Waals surface area contributed by atoms with E-state index in [1.165, 1.54) is 19.3 Å². The Balaban J connectivity index is 2.00. The van der Waals surface area contributed by atoms with E-state index in [1.54, 1.807) is 4.68 Å². The molecule has 1 aromatic heterocycles. The molecule has 0 spiro atoms. The number of aryl methyl sites for hydroxylation is 2. The van der Waals surface area contributed by atoms with Crippen molar-refractivity contribution in [2.45, 2.75) is 65.0 Å². The highest BCUT2D eigenvalue weighted by molar-refractivity contribution is 5.84. The first-order chi connectivity index (χ1) is 10.0. The number of aromatic nitrogens is 2. The number of amides is 1. The molecule has 2 rings (SSSR count). The minimum Gasteiger partial charge on any atom is -0.371 e. The van der Waals surface area contributed by atoms with Gasteiger partial charge in [0, 0.05) is 25.8 Å². The number of likely N-dealkylation sites (N-methyl/N-ethyl adjacent to an activating group) is 1. The number of carbonyl (C=O) groups is 1. The second-order valence-electron chi connectivity index (χ2n) is 6.08. The van der Waals surface area contributed by atoms with Gasteiger partial charge in [-0.3, -0.25) is 9.48 Å². The van der Waals surface area contributed by atoms with Gasteiger partial charge in [-0.15, -0.1) is 0 Å². The van der Waals surface area contributed by atoms with Gasteiger partial charge in [-0.05, 0) is 33.6 Å². The number of carbonyl (C=O) groups excluding carboxylic acids is 1. The molecule has 1 aromatic rings. The molecule has 118 valence electrons. The first-order valence-corrected chi connectivity index (χ1v) is 8.10. The summed E-state index contributed by atoms with van der Waals surface area (Å²) < 4.78 is 1.77. The van der Waals surface area contributed by atoms with E-state index in [0.29, 0.717) is 6.04 Å². The normalized spacial score (nSPS) is 17.5. The molecular weight excluding hydrogens is 264 g/mol. The maximum Gasteiger partial charge on any atom is 0.245 e. The van der Waals surface area contributed by atoms with Gasteiger partial charge in [0.1, 0.15) is 6.04 Å². The molecule has 1 aliphatic carbocycles. The molecule has 21 heavy (non-hydrogen) atoms. The lowest BCUT2D eigenvalue weighted by molar-refractivity contribution is -0.134. The Kier molecular flexibility index (Phi) is 5.26. The summed E-state index contributed by atoms with van der Waals surface area (Å²) in [5.41, 5.74) is 1.87. The minimum absolute atomic E-state index is 0.202. The monoisotopic (exact) mass is 292 g/mol. The van der Waals surface area contributed by atoms with Crippen molar-refractivity contribution in [2.75, 3.05) is 11.9 Å². The molecule has 1 fully saturated rings. The van der Waals surface area contributed by atoms with Crippen LogP contribution in [0, 0.1) is 6.92 Å². The summed E-state index contributed by atoms with van der Waals surface area (Å²) >= 11 is 0. The van der Waals surface area contributed by atoms with E-state index >= 15 is 0 Å². The van der Waals surface area contributed by atoms with Gasteiger partial charge < -0.3 is 10.2 Å². The number of nitrogens with zero attached hydrogens (tertiary/aromatic N) is 3. The molecule has 1 amide bonds. The Labute approximate surface area is 127 Å². The second-order valence-corrected chi connectivity index (χ2v) is 6.08. The van der Waals surface area contributed by atoms with Crippen LogP contribution in [0.5, 0.6) is 0 Å². The summed E-state index contributed by atoms with van der Waals surface area (Å²) in [7, 11) is 1.89. The van der Waals surface area contributed by atoms with Gasteiger partial charge in [0.25, 0.3) is 0 Å². The summed E-state index contributed by atoms with van der Waals surface area (Å²) in [4.78, 5) is 14.8. The summed E-state index contributed by atoms with van der Waals surface area (Å²) in [5.74, 6) is 0.202. The van der Waals surface area contributed by atoms with Crippen LogP contribution >= 0.6 is 0 Å². The maximum absolute atomic E-state index is 12.7. The molecular formula is C16H28N4O. The molecule has 0 aromatic carbocycles. The molecule has 1 saturated carbocycles. The summed E-state index contributed by atoms with van der Waals surface area (Å²) in [5, 5.41) is 7.62. The fourth-order valence-corrected chi connectivity index (χ4v) is 3.27. The molecule has 1 heterocycles. The van der Waals surface area contributed by atoms with E-state index < -0.39 is 0 Å². The van der Waals surface area contributed by atoms with Crippen LogP contribution in [-0.4, -0.2) is 39.2 Å². The van der Waals surface area contributed by atoms with Crippen LogP contribution < -0.4 is 5.32 Å². The van der Waals surface area contributed by atoms with Gasteiger partial charge in [-0.2, -0.15) is 5.10 Å². The standard InChI is InChI=1S/C16H28N4O/c1-5-20(14-9-7-6-8-10-14)16(21)13(3)17-15-11-19(4)18-12(15)2/h11,13-14,17H,5-10H2,1-4H3/t13-/m1/s1. The average Bonchev–Trinajstić information content (AvgIpc) is 2.78. The highest BCUT2D eigenvalue weighted by Crippen LogP contribution is 2.23. The summed E-state index contributed by atoms with van der Waals surface area (Å²) in [6.07, 6.45) is 8.04. The van der Waals surface area contributed by atoms with E-state index in [4.69, 9.17) is 0 Å². The zero-order valence-corrected chi connectivity index (χ0v) is 13.7. The van der Waals surface area contributed by atoms with Crippen LogP contribution in [0.25, 0.3) is 0 Å². The first kappa shape index (κ1) is 15.9. The molecule has 1 aliphatic rings. The van der Waals surface area contributed by atoms with Gasteiger partial charge in [0.05, 0.1) is 11.4 Å². The Bertz CT molecular complexity index is 477. The number of rotatable bonds is 5. The topological polar surface area (TPSA) is 50.2 Å². The van der Waals surface area contributed by atoms with Crippen LogP contribution in [0.2, 0.25) is 0 Å². The van der Waals surface area contributed by atoms with E-state index in [-0.39, 0.29) is 11.9 Å². The third-order valence-electron chi connectivity index (χ3n) is 4.40. The molecule has 1 N–H and O–H groups in total. The fraction of sp³-hybridized carbons (Fsp3) is 0.750. The number of hydrogen-bond acceptors (Lipinski definition) is 3. The summed E-state index contributed by atoms with van der Waals surface area (Å²) in [6.45, 7) is 6.77. The molecule has 0 unspecified atom stereocenters. The zero-order valence-electron chi connectivity index (χ0n) is 13.7. The Morgan fingerprint density at radius 2 is 2.14 bits per heavy atom. The smallest absolute Gasteiger partial charge is 0.245 e. The van der Waals surface area contributed by atoms with Crippen molar-refractivity contribution in [3.05, 3.63) is 11.9 Å². The largest absolute Gasteiger partial charge is 0.371 e. The average molecular weight is 292 g/mol. The van der Waals surface area contributed by atoms with E-state index in [2.05, 4.69) is 22.2 Å². The van der Waals surface area contributed by atoms with Crippen molar-refractivity contribution in [3.63, 3.8) is 0 Å². The van der Waals surface area contributed by atoms with Gasteiger partial charge in [-0.1, -0.05) is 19.3 Å². The van der Waals surface area contributed by atoms with Gasteiger partial charge >= 0.3 is 0 Å². The molecule has 5 nitrogen and oxygen atoms in total.